The first-order valence-electron chi connectivity index (χ1n) is 4.54. The predicted octanol–water partition coefficient (Wildman–Crippen LogP) is 1.13. The van der Waals surface area contributed by atoms with E-state index in [1.807, 2.05) is 0 Å². The number of hydrogen-bond donors (Lipinski definition) is 2. The van der Waals surface area contributed by atoms with Crippen LogP contribution in [0.1, 0.15) is 10.4 Å². The van der Waals surface area contributed by atoms with Gasteiger partial charge < -0.3 is 10.1 Å². The summed E-state index contributed by atoms with van der Waals surface area (Å²) in [6, 6.07) is 5.26. The maximum absolute atomic E-state index is 11.4. The Morgan fingerprint density at radius 3 is 2.71 bits per heavy atom. The Bertz CT molecular complexity index is 689. The number of carboxylic acids is 1. The van der Waals surface area contributed by atoms with E-state index in [2.05, 4.69) is 4.98 Å². The highest BCUT2D eigenvalue weighted by atomic mass is 16.6. The molecule has 0 bridgehead atoms. The summed E-state index contributed by atoms with van der Waals surface area (Å²) in [6.45, 7) is 0. The number of hydrogen-bond acceptors (Lipinski definition) is 4. The van der Waals surface area contributed by atoms with Crippen LogP contribution in [0.3, 0.4) is 0 Å². The quantitative estimate of drug-likeness (QED) is 0.597. The van der Waals surface area contributed by atoms with Crippen molar-refractivity contribution >= 4 is 22.6 Å². The summed E-state index contributed by atoms with van der Waals surface area (Å²) in [6.07, 6.45) is 0. The molecule has 2 N–H and O–H groups in total. The van der Waals surface area contributed by atoms with Crippen molar-refractivity contribution in [3.8, 4) is 0 Å². The zero-order valence-corrected chi connectivity index (χ0v) is 8.34. The molecule has 0 aliphatic carbocycles. The third kappa shape index (κ3) is 1.73. The molecule has 0 atom stereocenters. The summed E-state index contributed by atoms with van der Waals surface area (Å²) in [5, 5.41) is 19.8. The minimum absolute atomic E-state index is 0.0208. The Labute approximate surface area is 93.5 Å². The van der Waals surface area contributed by atoms with E-state index in [1.165, 1.54) is 18.2 Å². The number of carboxylic acid groups (broad SMARTS) is 1. The van der Waals surface area contributed by atoms with Crippen molar-refractivity contribution in [3.63, 3.8) is 0 Å². The van der Waals surface area contributed by atoms with Crippen molar-refractivity contribution in [2.75, 3.05) is 0 Å². The van der Waals surface area contributed by atoms with E-state index in [4.69, 9.17) is 5.11 Å². The summed E-state index contributed by atoms with van der Waals surface area (Å²) in [5.74, 6) is -1.38. The first-order chi connectivity index (χ1) is 8.00. The number of benzene rings is 1. The fourth-order valence-electron chi connectivity index (χ4n) is 1.53. The van der Waals surface area contributed by atoms with Gasteiger partial charge in [0.1, 0.15) is 11.1 Å². The number of nitro benzene ring substituents is 1. The lowest BCUT2D eigenvalue weighted by Gasteiger charge is -2.00. The van der Waals surface area contributed by atoms with Crippen molar-refractivity contribution in [1.82, 2.24) is 4.98 Å². The minimum atomic E-state index is -1.38. The van der Waals surface area contributed by atoms with Gasteiger partial charge in [0.05, 0.1) is 4.92 Å². The molecule has 0 unspecified atom stereocenters. The van der Waals surface area contributed by atoms with Gasteiger partial charge in [-0.15, -0.1) is 0 Å². The molecule has 7 nitrogen and oxygen atoms in total. The highest BCUT2D eigenvalue weighted by molar-refractivity contribution is 5.94. The van der Waals surface area contributed by atoms with Gasteiger partial charge in [0.2, 0.25) is 0 Å². The summed E-state index contributed by atoms with van der Waals surface area (Å²) >= 11 is 0. The molecule has 0 aliphatic heterocycles. The predicted molar refractivity (Wildman–Crippen MR) is 58.2 cm³/mol. The number of nitrogens with zero attached hydrogens (tertiary/aromatic N) is 1. The van der Waals surface area contributed by atoms with Crippen LogP contribution in [0.15, 0.2) is 29.1 Å². The highest BCUT2D eigenvalue weighted by Gasteiger charge is 2.16. The zero-order chi connectivity index (χ0) is 12.6. The standard InChI is InChI=1S/C10H6N2O5/c13-9-6(10(14)15)4-5-2-1-3-7(12(16)17)8(5)11-9/h1-4H,(H,11,13)(H,14,15). The molecule has 2 rings (SSSR count). The number of rotatable bonds is 2. The van der Waals surface area contributed by atoms with Crippen LogP contribution in [0, 0.1) is 10.1 Å². The van der Waals surface area contributed by atoms with Crippen molar-refractivity contribution < 1.29 is 14.8 Å². The molecule has 0 saturated carbocycles. The Kier molecular flexibility index (Phi) is 2.36. The molecule has 0 saturated heterocycles. The second kappa shape index (κ2) is 3.71. The number of aromatic carboxylic acids is 1. The number of nitro groups is 1. The van der Waals surface area contributed by atoms with Gasteiger partial charge in [-0.3, -0.25) is 14.9 Å². The smallest absolute Gasteiger partial charge is 0.341 e. The fraction of sp³-hybridized carbons (Fsp3) is 0. The Morgan fingerprint density at radius 2 is 2.12 bits per heavy atom. The number of nitrogens with one attached hydrogen (secondary N) is 1. The van der Waals surface area contributed by atoms with E-state index in [1.54, 1.807) is 0 Å². The number of non-ortho nitro benzene ring substituents is 1. The van der Waals surface area contributed by atoms with Crippen LogP contribution in [0.4, 0.5) is 5.69 Å². The molecule has 1 aromatic heterocycles. The lowest BCUT2D eigenvalue weighted by Crippen LogP contribution is -2.17. The van der Waals surface area contributed by atoms with Crippen LogP contribution in [0.25, 0.3) is 10.9 Å². The normalized spacial score (nSPS) is 10.4. The van der Waals surface area contributed by atoms with Gasteiger partial charge in [-0.05, 0) is 6.07 Å². The molecule has 0 fully saturated rings. The Balaban J connectivity index is 2.87. The molecule has 86 valence electrons. The van der Waals surface area contributed by atoms with Crippen LogP contribution in [-0.2, 0) is 0 Å². The number of para-hydroxylation sites is 1. The fourth-order valence-corrected chi connectivity index (χ4v) is 1.53. The molecule has 1 heterocycles. The first kappa shape index (κ1) is 10.8. The van der Waals surface area contributed by atoms with Gasteiger partial charge in [-0.25, -0.2) is 4.79 Å². The molecular weight excluding hydrogens is 228 g/mol. The summed E-state index contributed by atoms with van der Waals surface area (Å²) < 4.78 is 0. The van der Waals surface area contributed by atoms with Crippen molar-refractivity contribution in [3.05, 3.63) is 50.3 Å². The van der Waals surface area contributed by atoms with Crippen LogP contribution in [0.2, 0.25) is 0 Å². The molecule has 17 heavy (non-hydrogen) atoms. The zero-order valence-electron chi connectivity index (χ0n) is 8.34. The maximum atomic E-state index is 11.4. The van der Waals surface area contributed by atoms with Crippen molar-refractivity contribution in [2.45, 2.75) is 0 Å². The van der Waals surface area contributed by atoms with Crippen LogP contribution in [-0.4, -0.2) is 21.0 Å². The van der Waals surface area contributed by atoms with Gasteiger partial charge >= 0.3 is 5.97 Å². The SMILES string of the molecule is O=C(O)c1cc2cccc([N+](=O)[O-])c2[nH]c1=O. The number of carbonyl (C=O) groups is 1. The van der Waals surface area contributed by atoms with Crippen molar-refractivity contribution in [2.24, 2.45) is 0 Å². The van der Waals surface area contributed by atoms with E-state index in [9.17, 15) is 19.7 Å². The third-order valence-electron chi connectivity index (χ3n) is 2.28. The maximum Gasteiger partial charge on any atom is 0.341 e. The number of aromatic amines is 1. The lowest BCUT2D eigenvalue weighted by atomic mass is 10.1. The number of aromatic nitrogens is 1. The van der Waals surface area contributed by atoms with Crippen LogP contribution in [0.5, 0.6) is 0 Å². The Morgan fingerprint density at radius 1 is 1.41 bits per heavy atom. The molecule has 0 spiro atoms. The summed E-state index contributed by atoms with van der Waals surface area (Å²) in [4.78, 5) is 34.4. The van der Waals surface area contributed by atoms with E-state index in [-0.39, 0.29) is 11.2 Å². The number of fused-ring (bicyclic) bond motifs is 1. The van der Waals surface area contributed by atoms with E-state index >= 15 is 0 Å². The van der Waals surface area contributed by atoms with Crippen LogP contribution >= 0.6 is 0 Å². The molecule has 0 radical (unpaired) electrons. The number of H-pyrrole nitrogens is 1. The molecule has 1 aromatic carbocycles. The van der Waals surface area contributed by atoms with E-state index in [0.29, 0.717) is 5.39 Å². The second-order valence-corrected chi connectivity index (χ2v) is 3.32. The van der Waals surface area contributed by atoms with E-state index in [0.717, 1.165) is 6.07 Å². The van der Waals surface area contributed by atoms with Crippen LogP contribution < -0.4 is 5.56 Å². The molecule has 0 aliphatic rings. The third-order valence-corrected chi connectivity index (χ3v) is 2.28. The largest absolute Gasteiger partial charge is 0.477 e. The van der Waals surface area contributed by atoms with Gasteiger partial charge in [0, 0.05) is 11.5 Å². The topological polar surface area (TPSA) is 113 Å². The summed E-state index contributed by atoms with van der Waals surface area (Å²) in [7, 11) is 0. The monoisotopic (exact) mass is 234 g/mol. The molecule has 7 heteroatoms. The summed E-state index contributed by atoms with van der Waals surface area (Å²) in [5.41, 5.74) is -1.55. The van der Waals surface area contributed by atoms with E-state index < -0.39 is 22.0 Å². The van der Waals surface area contributed by atoms with Gasteiger partial charge in [-0.1, -0.05) is 12.1 Å². The van der Waals surface area contributed by atoms with Gasteiger partial charge in [0.15, 0.2) is 0 Å². The average molecular weight is 234 g/mol. The highest BCUT2D eigenvalue weighted by Crippen LogP contribution is 2.22. The molecule has 2 aromatic rings. The average Bonchev–Trinajstić information content (AvgIpc) is 2.26. The second-order valence-electron chi connectivity index (χ2n) is 3.32. The van der Waals surface area contributed by atoms with Crippen molar-refractivity contribution in [1.29, 1.82) is 0 Å². The van der Waals surface area contributed by atoms with Gasteiger partial charge in [0.25, 0.3) is 11.2 Å². The van der Waals surface area contributed by atoms with Gasteiger partial charge in [-0.2, -0.15) is 0 Å². The lowest BCUT2D eigenvalue weighted by molar-refractivity contribution is -0.383. The molecule has 0 amide bonds. The molecular formula is C10H6N2O5. The first-order valence-corrected chi connectivity index (χ1v) is 4.54. The minimum Gasteiger partial charge on any atom is -0.477 e. The Hall–Kier alpha value is -2.70. The number of pyridine rings is 1.